The van der Waals surface area contributed by atoms with E-state index in [0.29, 0.717) is 19.4 Å². The summed E-state index contributed by atoms with van der Waals surface area (Å²) < 4.78 is 5.47. The van der Waals surface area contributed by atoms with Crippen LogP contribution in [0.5, 0.6) is 0 Å². The van der Waals surface area contributed by atoms with Crippen LogP contribution in [0.2, 0.25) is 0 Å². The summed E-state index contributed by atoms with van der Waals surface area (Å²) in [6.07, 6.45) is 61.9. The Morgan fingerprint density at radius 1 is 0.435 bits per heavy atom. The molecule has 0 bridgehead atoms. The first kappa shape index (κ1) is 60.3. The van der Waals surface area contributed by atoms with Crippen LogP contribution in [0.3, 0.4) is 0 Å². The summed E-state index contributed by atoms with van der Waals surface area (Å²) in [5.74, 6) is -0.0728. The molecule has 0 aromatic heterocycles. The maximum absolute atomic E-state index is 12.4. The van der Waals surface area contributed by atoms with Crippen LogP contribution >= 0.6 is 0 Å². The predicted molar refractivity (Wildman–Crippen MR) is 269 cm³/mol. The standard InChI is InChI=1S/C56H107NO5/c1-3-5-7-9-11-13-15-17-26-30-34-38-42-46-50-56(61)62-51-47-43-39-35-31-27-24-22-20-18-19-21-23-25-29-33-37-41-45-49-55(60)57-53(52-58)54(59)48-44-40-36-32-28-16-14-12-10-8-6-4-2/h18-19,44,48,53-54,58-59H,3-17,20-43,45-47,49-52H2,1-2H3,(H,57,60)/b19-18-,48-44+. The number of hydrogen-bond acceptors (Lipinski definition) is 5. The van der Waals surface area contributed by atoms with E-state index in [-0.39, 0.29) is 18.5 Å². The Hall–Kier alpha value is -1.66. The average molecular weight is 874 g/mol. The number of esters is 1. The Labute approximate surface area is 386 Å². The molecule has 0 rings (SSSR count). The first-order chi connectivity index (χ1) is 30.5. The van der Waals surface area contributed by atoms with E-state index in [1.807, 2.05) is 6.08 Å². The molecule has 0 radical (unpaired) electrons. The summed E-state index contributed by atoms with van der Waals surface area (Å²) >= 11 is 0. The second kappa shape index (κ2) is 52.0. The van der Waals surface area contributed by atoms with Crippen LogP contribution in [0.4, 0.5) is 0 Å². The van der Waals surface area contributed by atoms with Crippen molar-refractivity contribution in [1.29, 1.82) is 0 Å². The van der Waals surface area contributed by atoms with Crippen molar-refractivity contribution in [3.8, 4) is 0 Å². The predicted octanol–water partition coefficient (Wildman–Crippen LogP) is 16.7. The molecule has 0 aromatic rings. The molecule has 1 amide bonds. The molecule has 0 aliphatic carbocycles. The first-order valence-electron chi connectivity index (χ1n) is 27.6. The van der Waals surface area contributed by atoms with Gasteiger partial charge in [0.05, 0.1) is 25.4 Å². The van der Waals surface area contributed by atoms with Crippen molar-refractivity contribution < 1.29 is 24.5 Å². The van der Waals surface area contributed by atoms with Crippen LogP contribution in [0.25, 0.3) is 0 Å². The molecule has 3 N–H and O–H groups in total. The van der Waals surface area contributed by atoms with Gasteiger partial charge in [0, 0.05) is 12.8 Å². The fraction of sp³-hybridized carbons (Fsp3) is 0.893. The zero-order valence-electron chi connectivity index (χ0n) is 41.6. The van der Waals surface area contributed by atoms with Gasteiger partial charge in [0.25, 0.3) is 0 Å². The molecule has 2 unspecified atom stereocenters. The Balaban J connectivity index is 3.44. The lowest BCUT2D eigenvalue weighted by molar-refractivity contribution is -0.143. The van der Waals surface area contributed by atoms with Crippen molar-refractivity contribution in [2.45, 2.75) is 309 Å². The molecule has 6 nitrogen and oxygen atoms in total. The van der Waals surface area contributed by atoms with Crippen LogP contribution in [0, 0.1) is 0 Å². The van der Waals surface area contributed by atoms with Crippen LogP contribution in [-0.4, -0.2) is 47.4 Å². The molecule has 6 heteroatoms. The zero-order chi connectivity index (χ0) is 45.1. The van der Waals surface area contributed by atoms with E-state index in [4.69, 9.17) is 4.74 Å². The topological polar surface area (TPSA) is 95.9 Å². The molecule has 0 aromatic carbocycles. The van der Waals surface area contributed by atoms with E-state index in [1.165, 1.54) is 218 Å². The van der Waals surface area contributed by atoms with E-state index < -0.39 is 12.1 Å². The highest BCUT2D eigenvalue weighted by Crippen LogP contribution is 2.16. The van der Waals surface area contributed by atoms with Gasteiger partial charge in [-0.2, -0.15) is 0 Å². The fourth-order valence-electron chi connectivity index (χ4n) is 8.45. The molecule has 62 heavy (non-hydrogen) atoms. The van der Waals surface area contributed by atoms with Gasteiger partial charge < -0.3 is 20.3 Å². The number of carbonyl (C=O) groups is 2. The van der Waals surface area contributed by atoms with E-state index in [9.17, 15) is 19.8 Å². The SMILES string of the molecule is CCCCCCCCCCCC/C=C/C(O)C(CO)NC(=O)CCCCCCCCC/C=C\CCCCCCCCCCOC(=O)CCCCCCCCCCCCCCCC. The minimum Gasteiger partial charge on any atom is -0.466 e. The molecular weight excluding hydrogens is 767 g/mol. The molecule has 366 valence electrons. The number of aliphatic hydroxyl groups excluding tert-OH is 2. The quantitative estimate of drug-likeness (QED) is 0.0321. The maximum atomic E-state index is 12.4. The number of rotatable bonds is 51. The van der Waals surface area contributed by atoms with Crippen LogP contribution < -0.4 is 5.32 Å². The monoisotopic (exact) mass is 874 g/mol. The first-order valence-corrected chi connectivity index (χ1v) is 27.6. The molecule has 0 aliphatic rings. The minimum atomic E-state index is -0.849. The van der Waals surface area contributed by atoms with Crippen molar-refractivity contribution in [2.24, 2.45) is 0 Å². The highest BCUT2D eigenvalue weighted by Gasteiger charge is 2.18. The molecule has 2 atom stereocenters. The largest absolute Gasteiger partial charge is 0.466 e. The van der Waals surface area contributed by atoms with Crippen molar-refractivity contribution in [3.05, 3.63) is 24.3 Å². The highest BCUT2D eigenvalue weighted by molar-refractivity contribution is 5.76. The maximum Gasteiger partial charge on any atom is 0.305 e. The number of hydrogen-bond donors (Lipinski definition) is 3. The summed E-state index contributed by atoms with van der Waals surface area (Å²) in [7, 11) is 0. The summed E-state index contributed by atoms with van der Waals surface area (Å²) in [6, 6.07) is -0.633. The van der Waals surface area contributed by atoms with E-state index in [1.54, 1.807) is 6.08 Å². The minimum absolute atomic E-state index is 0.00523. The molecule has 0 aliphatic heterocycles. The summed E-state index contributed by atoms with van der Waals surface area (Å²) in [4.78, 5) is 24.4. The van der Waals surface area contributed by atoms with Crippen molar-refractivity contribution in [3.63, 3.8) is 0 Å². The second-order valence-corrected chi connectivity index (χ2v) is 18.9. The molecule has 0 spiro atoms. The van der Waals surface area contributed by atoms with Crippen LogP contribution in [0.1, 0.15) is 296 Å². The number of aliphatic hydroxyl groups is 2. The van der Waals surface area contributed by atoms with E-state index in [2.05, 4.69) is 31.3 Å². The smallest absolute Gasteiger partial charge is 0.305 e. The van der Waals surface area contributed by atoms with E-state index >= 15 is 0 Å². The summed E-state index contributed by atoms with van der Waals surface area (Å²) in [5, 5.41) is 23.0. The Morgan fingerprint density at radius 3 is 1.15 bits per heavy atom. The third-order valence-corrected chi connectivity index (χ3v) is 12.7. The number of allylic oxidation sites excluding steroid dienone is 3. The number of ether oxygens (including phenoxy) is 1. The Kier molecular flexibility index (Phi) is 50.6. The van der Waals surface area contributed by atoms with Crippen molar-refractivity contribution in [1.82, 2.24) is 5.32 Å². The lowest BCUT2D eigenvalue weighted by atomic mass is 10.0. The average Bonchev–Trinajstić information content (AvgIpc) is 3.27. The van der Waals surface area contributed by atoms with Gasteiger partial charge in [-0.05, 0) is 57.8 Å². The summed E-state index contributed by atoms with van der Waals surface area (Å²) in [6.45, 7) is 4.89. The molecule has 0 saturated carbocycles. The summed E-state index contributed by atoms with van der Waals surface area (Å²) in [5.41, 5.74) is 0. The lowest BCUT2D eigenvalue weighted by Gasteiger charge is -2.20. The van der Waals surface area contributed by atoms with E-state index in [0.717, 1.165) is 51.4 Å². The number of nitrogens with one attached hydrogen (secondary N) is 1. The van der Waals surface area contributed by atoms with Crippen LogP contribution in [0.15, 0.2) is 24.3 Å². The third-order valence-electron chi connectivity index (χ3n) is 12.7. The lowest BCUT2D eigenvalue weighted by Crippen LogP contribution is -2.45. The van der Waals surface area contributed by atoms with Gasteiger partial charge in [-0.25, -0.2) is 0 Å². The normalized spacial score (nSPS) is 12.8. The van der Waals surface area contributed by atoms with Gasteiger partial charge in [0.1, 0.15) is 0 Å². The highest BCUT2D eigenvalue weighted by atomic mass is 16.5. The van der Waals surface area contributed by atoms with Gasteiger partial charge in [0.2, 0.25) is 5.91 Å². The molecule has 0 saturated heterocycles. The van der Waals surface area contributed by atoms with Crippen molar-refractivity contribution >= 4 is 11.9 Å². The Bertz CT molecular complexity index is 966. The van der Waals surface area contributed by atoms with Gasteiger partial charge in [-0.15, -0.1) is 0 Å². The zero-order valence-corrected chi connectivity index (χ0v) is 41.6. The number of unbranched alkanes of at least 4 members (excludes halogenated alkanes) is 38. The van der Waals surface area contributed by atoms with Crippen molar-refractivity contribution in [2.75, 3.05) is 13.2 Å². The number of amides is 1. The van der Waals surface area contributed by atoms with Crippen LogP contribution in [-0.2, 0) is 14.3 Å². The van der Waals surface area contributed by atoms with Gasteiger partial charge in [0.15, 0.2) is 0 Å². The Morgan fingerprint density at radius 2 is 0.758 bits per heavy atom. The van der Waals surface area contributed by atoms with Gasteiger partial charge >= 0.3 is 5.97 Å². The number of carbonyl (C=O) groups excluding carboxylic acids is 2. The molecular formula is C56H107NO5. The molecule has 0 fully saturated rings. The second-order valence-electron chi connectivity index (χ2n) is 18.9. The van der Waals surface area contributed by atoms with Gasteiger partial charge in [-0.1, -0.05) is 250 Å². The van der Waals surface area contributed by atoms with Gasteiger partial charge in [-0.3, -0.25) is 9.59 Å². The third kappa shape index (κ3) is 47.8. The molecule has 0 heterocycles. The fourth-order valence-corrected chi connectivity index (χ4v) is 8.45.